The maximum atomic E-state index is 5.85. The SMILES string of the molecule is CCC(N)c1nnc(-c2ccc(C)cc2C)o1. The molecule has 1 atom stereocenters. The number of hydrogen-bond donors (Lipinski definition) is 1. The molecule has 0 fully saturated rings. The molecule has 4 nitrogen and oxygen atoms in total. The van der Waals surface area contributed by atoms with E-state index in [0.29, 0.717) is 11.8 Å². The molecule has 0 radical (unpaired) electrons. The number of aromatic nitrogens is 2. The van der Waals surface area contributed by atoms with Gasteiger partial charge in [0.2, 0.25) is 11.8 Å². The Morgan fingerprint density at radius 3 is 2.71 bits per heavy atom. The Bertz CT molecular complexity index is 519. The summed E-state index contributed by atoms with van der Waals surface area (Å²) in [6.07, 6.45) is 0.786. The van der Waals surface area contributed by atoms with Gasteiger partial charge in [0.25, 0.3) is 0 Å². The summed E-state index contributed by atoms with van der Waals surface area (Å²) >= 11 is 0. The van der Waals surface area contributed by atoms with Gasteiger partial charge >= 0.3 is 0 Å². The smallest absolute Gasteiger partial charge is 0.248 e. The van der Waals surface area contributed by atoms with Crippen LogP contribution in [0.15, 0.2) is 22.6 Å². The molecule has 1 heterocycles. The molecule has 2 rings (SSSR count). The number of nitrogens with zero attached hydrogens (tertiary/aromatic N) is 2. The Hall–Kier alpha value is -1.68. The molecule has 0 spiro atoms. The van der Waals surface area contributed by atoms with E-state index in [1.54, 1.807) is 0 Å². The number of benzene rings is 1. The summed E-state index contributed by atoms with van der Waals surface area (Å²) in [5, 5.41) is 8.03. The molecule has 0 amide bonds. The standard InChI is InChI=1S/C13H17N3O/c1-4-11(14)13-16-15-12(17-13)10-6-5-8(2)7-9(10)3/h5-7,11H,4,14H2,1-3H3. The summed E-state index contributed by atoms with van der Waals surface area (Å²) < 4.78 is 5.60. The fourth-order valence-electron chi connectivity index (χ4n) is 1.72. The van der Waals surface area contributed by atoms with Crippen molar-refractivity contribution in [3.63, 3.8) is 0 Å². The fraction of sp³-hybridized carbons (Fsp3) is 0.385. The van der Waals surface area contributed by atoms with Crippen LogP contribution in [0.4, 0.5) is 0 Å². The topological polar surface area (TPSA) is 64.9 Å². The van der Waals surface area contributed by atoms with Gasteiger partial charge in [-0.1, -0.05) is 24.6 Å². The summed E-state index contributed by atoms with van der Waals surface area (Å²) in [5.41, 5.74) is 9.17. The van der Waals surface area contributed by atoms with E-state index in [0.717, 1.165) is 17.5 Å². The van der Waals surface area contributed by atoms with E-state index in [1.165, 1.54) is 5.56 Å². The van der Waals surface area contributed by atoms with Gasteiger partial charge in [0.05, 0.1) is 6.04 Å². The molecule has 4 heteroatoms. The van der Waals surface area contributed by atoms with Gasteiger partial charge in [-0.2, -0.15) is 0 Å². The van der Waals surface area contributed by atoms with Gasteiger partial charge in [0, 0.05) is 5.56 Å². The molecule has 17 heavy (non-hydrogen) atoms. The van der Waals surface area contributed by atoms with Gasteiger partial charge in [0.1, 0.15) is 0 Å². The van der Waals surface area contributed by atoms with Gasteiger partial charge in [-0.15, -0.1) is 10.2 Å². The first-order chi connectivity index (χ1) is 8.11. The van der Waals surface area contributed by atoms with E-state index >= 15 is 0 Å². The molecule has 0 aliphatic carbocycles. The van der Waals surface area contributed by atoms with Gasteiger partial charge < -0.3 is 10.2 Å². The third kappa shape index (κ3) is 2.36. The summed E-state index contributed by atoms with van der Waals surface area (Å²) in [5.74, 6) is 1.05. The largest absolute Gasteiger partial charge is 0.419 e. The van der Waals surface area contributed by atoms with Crippen molar-refractivity contribution >= 4 is 0 Å². The van der Waals surface area contributed by atoms with E-state index < -0.39 is 0 Å². The van der Waals surface area contributed by atoms with E-state index in [1.807, 2.05) is 26.0 Å². The van der Waals surface area contributed by atoms with Gasteiger partial charge in [-0.25, -0.2) is 0 Å². The van der Waals surface area contributed by atoms with Crippen LogP contribution in [0.2, 0.25) is 0 Å². The Kier molecular flexibility index (Phi) is 3.24. The van der Waals surface area contributed by atoms with E-state index in [-0.39, 0.29) is 6.04 Å². The van der Waals surface area contributed by atoms with Crippen LogP contribution >= 0.6 is 0 Å². The molecule has 1 unspecified atom stereocenters. The average Bonchev–Trinajstić information content (AvgIpc) is 2.77. The molecule has 0 aliphatic rings. The maximum Gasteiger partial charge on any atom is 0.248 e. The minimum atomic E-state index is -0.179. The van der Waals surface area contributed by atoms with Crippen LogP contribution in [0.25, 0.3) is 11.5 Å². The zero-order valence-corrected chi connectivity index (χ0v) is 10.4. The number of aryl methyl sites for hydroxylation is 2. The summed E-state index contributed by atoms with van der Waals surface area (Å²) in [4.78, 5) is 0. The lowest BCUT2D eigenvalue weighted by atomic mass is 10.1. The molecule has 0 bridgehead atoms. The highest BCUT2D eigenvalue weighted by atomic mass is 16.4. The van der Waals surface area contributed by atoms with Crippen molar-refractivity contribution in [2.24, 2.45) is 5.73 Å². The van der Waals surface area contributed by atoms with Crippen molar-refractivity contribution in [1.82, 2.24) is 10.2 Å². The summed E-state index contributed by atoms with van der Waals surface area (Å²) in [6, 6.07) is 5.95. The van der Waals surface area contributed by atoms with Crippen LogP contribution in [0.3, 0.4) is 0 Å². The van der Waals surface area contributed by atoms with Gasteiger partial charge in [0.15, 0.2) is 0 Å². The Morgan fingerprint density at radius 2 is 2.06 bits per heavy atom. The zero-order chi connectivity index (χ0) is 12.4. The molecule has 0 aliphatic heterocycles. The lowest BCUT2D eigenvalue weighted by Gasteiger charge is -2.03. The molecular weight excluding hydrogens is 214 g/mol. The lowest BCUT2D eigenvalue weighted by Crippen LogP contribution is -2.08. The van der Waals surface area contributed by atoms with Crippen LogP contribution in [-0.4, -0.2) is 10.2 Å². The molecule has 90 valence electrons. The van der Waals surface area contributed by atoms with Crippen molar-refractivity contribution in [2.75, 3.05) is 0 Å². The highest BCUT2D eigenvalue weighted by Crippen LogP contribution is 2.24. The Balaban J connectivity index is 2.37. The molecule has 0 saturated heterocycles. The average molecular weight is 231 g/mol. The fourth-order valence-corrected chi connectivity index (χ4v) is 1.72. The molecule has 1 aromatic heterocycles. The van der Waals surface area contributed by atoms with Crippen LogP contribution in [0.5, 0.6) is 0 Å². The van der Waals surface area contributed by atoms with Crippen LogP contribution in [-0.2, 0) is 0 Å². The third-order valence-electron chi connectivity index (χ3n) is 2.81. The van der Waals surface area contributed by atoms with Crippen LogP contribution in [0.1, 0.15) is 36.4 Å². The number of nitrogens with two attached hydrogens (primary N) is 1. The number of hydrogen-bond acceptors (Lipinski definition) is 4. The van der Waals surface area contributed by atoms with Crippen molar-refractivity contribution < 1.29 is 4.42 Å². The first-order valence-electron chi connectivity index (χ1n) is 5.78. The van der Waals surface area contributed by atoms with Gasteiger partial charge in [-0.05, 0) is 31.9 Å². The molecule has 1 aromatic carbocycles. The third-order valence-corrected chi connectivity index (χ3v) is 2.81. The second kappa shape index (κ2) is 4.67. The second-order valence-corrected chi connectivity index (χ2v) is 4.28. The molecule has 0 saturated carbocycles. The monoisotopic (exact) mass is 231 g/mol. The first-order valence-corrected chi connectivity index (χ1v) is 5.78. The van der Waals surface area contributed by atoms with Crippen molar-refractivity contribution in [3.8, 4) is 11.5 Å². The maximum absolute atomic E-state index is 5.85. The molecule has 2 N–H and O–H groups in total. The molecule has 2 aromatic rings. The lowest BCUT2D eigenvalue weighted by molar-refractivity contribution is 0.452. The summed E-state index contributed by atoms with van der Waals surface area (Å²) in [7, 11) is 0. The quantitative estimate of drug-likeness (QED) is 0.882. The second-order valence-electron chi connectivity index (χ2n) is 4.28. The Labute approximate surface area is 101 Å². The van der Waals surface area contributed by atoms with Crippen molar-refractivity contribution in [3.05, 3.63) is 35.2 Å². The van der Waals surface area contributed by atoms with Crippen molar-refractivity contribution in [2.45, 2.75) is 33.2 Å². The van der Waals surface area contributed by atoms with E-state index in [9.17, 15) is 0 Å². The van der Waals surface area contributed by atoms with Crippen LogP contribution in [0, 0.1) is 13.8 Å². The highest BCUT2D eigenvalue weighted by Gasteiger charge is 2.14. The Morgan fingerprint density at radius 1 is 1.29 bits per heavy atom. The number of rotatable bonds is 3. The van der Waals surface area contributed by atoms with E-state index in [4.69, 9.17) is 10.2 Å². The summed E-state index contributed by atoms with van der Waals surface area (Å²) in [6.45, 7) is 6.08. The zero-order valence-electron chi connectivity index (χ0n) is 10.4. The first kappa shape index (κ1) is 11.8. The predicted octanol–water partition coefficient (Wildman–Crippen LogP) is 2.76. The highest BCUT2D eigenvalue weighted by molar-refractivity contribution is 5.58. The van der Waals surface area contributed by atoms with Crippen molar-refractivity contribution in [1.29, 1.82) is 0 Å². The minimum absolute atomic E-state index is 0.179. The van der Waals surface area contributed by atoms with Crippen LogP contribution < -0.4 is 5.73 Å². The normalized spacial score (nSPS) is 12.7. The minimum Gasteiger partial charge on any atom is -0.419 e. The molecular formula is C13H17N3O. The van der Waals surface area contributed by atoms with E-state index in [2.05, 4.69) is 23.2 Å². The van der Waals surface area contributed by atoms with Gasteiger partial charge in [-0.3, -0.25) is 0 Å². The predicted molar refractivity (Wildman–Crippen MR) is 66.4 cm³/mol.